The molecule has 2 heterocycles. The van der Waals surface area contributed by atoms with E-state index in [1.165, 1.54) is 0 Å². The van der Waals surface area contributed by atoms with E-state index in [9.17, 15) is 4.79 Å². The molecule has 0 saturated heterocycles. The number of rotatable bonds is 6. The Balaban J connectivity index is 1.82. The molecule has 0 saturated carbocycles. The quantitative estimate of drug-likeness (QED) is 0.530. The maximum Gasteiger partial charge on any atom is 0.322 e. The number of hydrogen-bond acceptors (Lipinski definition) is 5. The van der Waals surface area contributed by atoms with Crippen LogP contribution in [0.3, 0.4) is 0 Å². The van der Waals surface area contributed by atoms with Gasteiger partial charge < -0.3 is 14.6 Å². The lowest BCUT2D eigenvalue weighted by atomic mass is 9.94. The number of nitrogens with one attached hydrogen (secondary N) is 1. The van der Waals surface area contributed by atoms with Gasteiger partial charge in [0.25, 0.3) is 5.89 Å². The van der Waals surface area contributed by atoms with Gasteiger partial charge in [-0.1, -0.05) is 54.9 Å². The van der Waals surface area contributed by atoms with Gasteiger partial charge in [0.2, 0.25) is 5.82 Å². The van der Waals surface area contributed by atoms with E-state index in [1.807, 2.05) is 49.4 Å². The Morgan fingerprint density at radius 2 is 2.00 bits per heavy atom. The summed E-state index contributed by atoms with van der Waals surface area (Å²) in [5.74, 6) is 1.78. The highest BCUT2D eigenvalue weighted by Crippen LogP contribution is 2.38. The largest absolute Gasteiger partial charge is 0.497 e. The highest BCUT2D eigenvalue weighted by Gasteiger charge is 2.36. The normalized spacial score (nSPS) is 16.5. The molecular formula is C24H25ClN4O3. The monoisotopic (exact) mass is 452 g/mol. The minimum absolute atomic E-state index is 0.169. The number of amides is 2. The molecule has 0 radical (unpaired) electrons. The molecule has 0 bridgehead atoms. The van der Waals surface area contributed by atoms with Crippen LogP contribution < -0.4 is 10.1 Å². The molecule has 2 aromatic carbocycles. The van der Waals surface area contributed by atoms with E-state index < -0.39 is 6.04 Å². The van der Waals surface area contributed by atoms with Gasteiger partial charge >= 0.3 is 6.03 Å². The molecule has 1 aromatic heterocycles. The number of carbonyl (C=O) groups excluding carboxylic acids is 1. The molecule has 1 atom stereocenters. The van der Waals surface area contributed by atoms with E-state index in [1.54, 1.807) is 18.1 Å². The lowest BCUT2D eigenvalue weighted by Crippen LogP contribution is -2.47. The predicted molar refractivity (Wildman–Crippen MR) is 123 cm³/mol. The van der Waals surface area contributed by atoms with Crippen LogP contribution in [0, 0.1) is 5.92 Å². The van der Waals surface area contributed by atoms with Crippen molar-refractivity contribution in [2.75, 3.05) is 13.7 Å². The molecule has 2 amide bonds. The molecule has 4 rings (SSSR count). The Bertz CT molecular complexity index is 1170. The maximum absolute atomic E-state index is 13.0. The van der Waals surface area contributed by atoms with Gasteiger partial charge in [-0.05, 0) is 42.7 Å². The number of aromatic nitrogens is 2. The topological polar surface area (TPSA) is 80.5 Å². The van der Waals surface area contributed by atoms with Gasteiger partial charge in [-0.25, -0.2) is 4.79 Å². The Kier molecular flexibility index (Phi) is 6.19. The van der Waals surface area contributed by atoms with Gasteiger partial charge in [-0.2, -0.15) is 4.98 Å². The molecule has 0 aliphatic carbocycles. The van der Waals surface area contributed by atoms with Crippen molar-refractivity contribution in [2.45, 2.75) is 26.8 Å². The van der Waals surface area contributed by atoms with Crippen LogP contribution in [0.1, 0.15) is 38.3 Å². The number of nitrogens with zero attached hydrogens (tertiary/aromatic N) is 3. The molecule has 1 aliphatic rings. The molecule has 1 aliphatic heterocycles. The molecular weight excluding hydrogens is 428 g/mol. The van der Waals surface area contributed by atoms with E-state index in [0.29, 0.717) is 29.0 Å². The molecule has 8 heteroatoms. The number of allylic oxidation sites excluding steroid dienone is 1. The first-order chi connectivity index (χ1) is 15.4. The van der Waals surface area contributed by atoms with Gasteiger partial charge in [0.15, 0.2) is 0 Å². The number of halogens is 1. The Labute approximate surface area is 192 Å². The van der Waals surface area contributed by atoms with Gasteiger partial charge in [-0.15, -0.1) is 0 Å². The Morgan fingerprint density at radius 3 is 2.72 bits per heavy atom. The van der Waals surface area contributed by atoms with Crippen molar-refractivity contribution in [1.29, 1.82) is 0 Å². The second-order valence-electron chi connectivity index (χ2n) is 8.10. The van der Waals surface area contributed by atoms with E-state index in [4.69, 9.17) is 20.9 Å². The number of benzene rings is 2. The smallest absolute Gasteiger partial charge is 0.322 e. The second-order valence-corrected chi connectivity index (χ2v) is 8.53. The first-order valence-corrected chi connectivity index (χ1v) is 10.8. The van der Waals surface area contributed by atoms with Crippen LogP contribution in [0.2, 0.25) is 5.02 Å². The molecule has 0 spiro atoms. The van der Waals surface area contributed by atoms with Crippen LogP contribution in [-0.4, -0.2) is 34.7 Å². The summed E-state index contributed by atoms with van der Waals surface area (Å²) in [6.07, 6.45) is 0. The molecule has 3 aromatic rings. The van der Waals surface area contributed by atoms with Gasteiger partial charge in [0.05, 0.1) is 18.7 Å². The first kappa shape index (κ1) is 21.9. The maximum atomic E-state index is 13.0. The zero-order valence-corrected chi connectivity index (χ0v) is 19.2. The average Bonchev–Trinajstić information content (AvgIpc) is 3.26. The summed E-state index contributed by atoms with van der Waals surface area (Å²) in [4.78, 5) is 19.3. The van der Waals surface area contributed by atoms with Crippen LogP contribution >= 0.6 is 11.6 Å². The van der Waals surface area contributed by atoms with Crippen molar-refractivity contribution in [2.24, 2.45) is 5.92 Å². The first-order valence-electron chi connectivity index (χ1n) is 10.4. The summed E-state index contributed by atoms with van der Waals surface area (Å²) in [5.41, 5.74) is 3.13. The molecule has 0 fully saturated rings. The number of urea groups is 1. The molecule has 32 heavy (non-hydrogen) atoms. The predicted octanol–water partition coefficient (Wildman–Crippen LogP) is 5.55. The summed E-state index contributed by atoms with van der Waals surface area (Å²) in [5, 5.41) is 7.86. The number of methoxy groups -OCH3 is 1. The minimum Gasteiger partial charge on any atom is -0.497 e. The minimum atomic E-state index is -0.469. The third kappa shape index (κ3) is 4.34. The van der Waals surface area contributed by atoms with Crippen LogP contribution in [0.4, 0.5) is 4.79 Å². The Hall–Kier alpha value is -3.32. The van der Waals surface area contributed by atoms with Crippen LogP contribution in [0.5, 0.6) is 5.75 Å². The van der Waals surface area contributed by atoms with Crippen molar-refractivity contribution in [3.63, 3.8) is 0 Å². The molecule has 1 unspecified atom stereocenters. The van der Waals surface area contributed by atoms with Crippen molar-refractivity contribution < 1.29 is 14.1 Å². The fourth-order valence-corrected chi connectivity index (χ4v) is 3.99. The van der Waals surface area contributed by atoms with Gasteiger partial charge in [-0.3, -0.25) is 4.90 Å². The zero-order chi connectivity index (χ0) is 22.8. The average molecular weight is 453 g/mol. The SMILES string of the molecule is COc1cccc(-c2noc(C3=C(C)N(CC(C)C)C(=O)NC3c3cccc(Cl)c3)n2)c1. The van der Waals surface area contributed by atoms with Crippen LogP contribution in [0.15, 0.2) is 58.8 Å². The van der Waals surface area contributed by atoms with Gasteiger partial charge in [0, 0.05) is 22.8 Å². The lowest BCUT2D eigenvalue weighted by Gasteiger charge is -2.36. The van der Waals surface area contributed by atoms with Crippen LogP contribution in [-0.2, 0) is 0 Å². The summed E-state index contributed by atoms with van der Waals surface area (Å²) in [6, 6.07) is 14.2. The van der Waals surface area contributed by atoms with Gasteiger partial charge in [0.1, 0.15) is 5.75 Å². The summed E-state index contributed by atoms with van der Waals surface area (Å²) < 4.78 is 11.0. The molecule has 1 N–H and O–H groups in total. The number of ether oxygens (including phenoxy) is 1. The van der Waals surface area contributed by atoms with E-state index in [2.05, 4.69) is 29.3 Å². The third-order valence-electron chi connectivity index (χ3n) is 5.31. The van der Waals surface area contributed by atoms with Crippen molar-refractivity contribution in [1.82, 2.24) is 20.4 Å². The Morgan fingerprint density at radius 1 is 1.22 bits per heavy atom. The molecule has 7 nitrogen and oxygen atoms in total. The van der Waals surface area contributed by atoms with E-state index in [-0.39, 0.29) is 11.9 Å². The summed E-state index contributed by atoms with van der Waals surface area (Å²) in [6.45, 7) is 6.61. The highest BCUT2D eigenvalue weighted by molar-refractivity contribution is 6.30. The number of hydrogen-bond donors (Lipinski definition) is 1. The standard InChI is InChI=1S/C24H25ClN4O3/c1-14(2)13-29-15(3)20(21(26-24(29)30)16-7-5-9-18(25)11-16)23-27-22(28-32-23)17-8-6-10-19(12-17)31-4/h5-12,14,21H,13H2,1-4H3,(H,26,30). The zero-order valence-electron chi connectivity index (χ0n) is 18.4. The van der Waals surface area contributed by atoms with E-state index >= 15 is 0 Å². The highest BCUT2D eigenvalue weighted by atomic mass is 35.5. The summed E-state index contributed by atoms with van der Waals surface area (Å²) in [7, 11) is 1.61. The lowest BCUT2D eigenvalue weighted by molar-refractivity contribution is 0.199. The van der Waals surface area contributed by atoms with Crippen molar-refractivity contribution >= 4 is 23.2 Å². The van der Waals surface area contributed by atoms with Crippen LogP contribution in [0.25, 0.3) is 17.0 Å². The fraction of sp³-hybridized carbons (Fsp3) is 0.292. The fourth-order valence-electron chi connectivity index (χ4n) is 3.79. The number of carbonyl (C=O) groups is 1. The second kappa shape index (κ2) is 9.04. The third-order valence-corrected chi connectivity index (χ3v) is 5.55. The van der Waals surface area contributed by atoms with Crippen molar-refractivity contribution in [3.8, 4) is 17.1 Å². The summed E-state index contributed by atoms with van der Waals surface area (Å²) >= 11 is 6.24. The van der Waals surface area contributed by atoms with E-state index in [0.717, 1.165) is 22.4 Å². The van der Waals surface area contributed by atoms with Crippen molar-refractivity contribution in [3.05, 3.63) is 70.7 Å². The molecule has 166 valence electrons.